The summed E-state index contributed by atoms with van der Waals surface area (Å²) in [6.45, 7) is 3.60. The Hall–Kier alpha value is -0.570. The van der Waals surface area contributed by atoms with Crippen LogP contribution >= 0.6 is 0 Å². The molecule has 1 unspecified atom stereocenters. The van der Waals surface area contributed by atoms with Crippen LogP contribution in [0.4, 0.5) is 0 Å². The summed E-state index contributed by atoms with van der Waals surface area (Å²) in [5.41, 5.74) is 0. The molecular weight excluding hydrogens is 212 g/mol. The number of hydrogen-bond acceptors (Lipinski definition) is 2. The van der Waals surface area contributed by atoms with Crippen LogP contribution in [0.15, 0.2) is 0 Å². The van der Waals surface area contributed by atoms with E-state index in [4.69, 9.17) is 0 Å². The van der Waals surface area contributed by atoms with Crippen LogP contribution in [-0.2, 0) is 4.79 Å². The maximum atomic E-state index is 12.2. The fraction of sp³-hybridized carbons (Fsp3) is 0.929. The van der Waals surface area contributed by atoms with E-state index in [0.29, 0.717) is 17.9 Å². The van der Waals surface area contributed by atoms with E-state index in [0.717, 1.165) is 25.3 Å². The number of nitrogens with one attached hydrogen (secondary N) is 1. The zero-order chi connectivity index (χ0) is 11.7. The summed E-state index contributed by atoms with van der Waals surface area (Å²) in [5.74, 6) is 1.43. The molecule has 0 spiro atoms. The fourth-order valence-corrected chi connectivity index (χ4v) is 3.79. The minimum atomic E-state index is 0.319. The molecule has 1 N–H and O–H groups in total. The molecule has 0 aromatic rings. The van der Waals surface area contributed by atoms with Crippen LogP contribution in [0.25, 0.3) is 0 Å². The van der Waals surface area contributed by atoms with Crippen molar-refractivity contribution in [3.63, 3.8) is 0 Å². The van der Waals surface area contributed by atoms with Gasteiger partial charge in [0.15, 0.2) is 0 Å². The molecule has 96 valence electrons. The summed E-state index contributed by atoms with van der Waals surface area (Å²) in [6, 6.07) is 0.451. The first-order chi connectivity index (χ1) is 8.33. The fourth-order valence-electron chi connectivity index (χ4n) is 3.79. The average Bonchev–Trinajstić information content (AvgIpc) is 2.41. The second-order valence-electron chi connectivity index (χ2n) is 6.09. The highest BCUT2D eigenvalue weighted by atomic mass is 16.2. The zero-order valence-electron chi connectivity index (χ0n) is 10.7. The smallest absolute Gasteiger partial charge is 0.223 e. The van der Waals surface area contributed by atoms with Crippen LogP contribution in [0.3, 0.4) is 0 Å². The number of amides is 1. The van der Waals surface area contributed by atoms with E-state index in [2.05, 4.69) is 10.2 Å². The number of nitrogens with zero attached hydrogens (tertiary/aromatic N) is 1. The Morgan fingerprint density at radius 2 is 1.71 bits per heavy atom. The van der Waals surface area contributed by atoms with Gasteiger partial charge >= 0.3 is 0 Å². The van der Waals surface area contributed by atoms with E-state index in [1.54, 1.807) is 0 Å². The second kappa shape index (κ2) is 4.97. The van der Waals surface area contributed by atoms with Crippen molar-refractivity contribution in [3.8, 4) is 0 Å². The number of fused-ring (bicyclic) bond motifs is 3. The van der Waals surface area contributed by atoms with Gasteiger partial charge in [-0.05, 0) is 44.7 Å². The monoisotopic (exact) mass is 236 g/mol. The van der Waals surface area contributed by atoms with E-state index in [-0.39, 0.29) is 0 Å². The molecule has 4 fully saturated rings. The van der Waals surface area contributed by atoms with E-state index in [1.807, 2.05) is 0 Å². The van der Waals surface area contributed by atoms with Crippen molar-refractivity contribution in [2.75, 3.05) is 19.6 Å². The first kappa shape index (κ1) is 11.5. The van der Waals surface area contributed by atoms with Gasteiger partial charge < -0.3 is 10.2 Å². The Balaban J connectivity index is 1.54. The van der Waals surface area contributed by atoms with Crippen molar-refractivity contribution in [1.82, 2.24) is 10.2 Å². The second-order valence-corrected chi connectivity index (χ2v) is 6.09. The molecule has 0 radical (unpaired) electrons. The Morgan fingerprint density at radius 1 is 1.00 bits per heavy atom. The summed E-state index contributed by atoms with van der Waals surface area (Å²) in [4.78, 5) is 14.7. The molecule has 0 aromatic heterocycles. The highest BCUT2D eigenvalue weighted by Gasteiger charge is 2.35. The molecule has 4 aliphatic rings. The largest absolute Gasteiger partial charge is 0.352 e. The SMILES string of the molecule is O=C(NC1CN2CCC1CC2)C1CCCCC1. The van der Waals surface area contributed by atoms with Gasteiger partial charge in [0.25, 0.3) is 0 Å². The van der Waals surface area contributed by atoms with Crippen LogP contribution in [0.5, 0.6) is 0 Å². The lowest BCUT2D eigenvalue weighted by atomic mass is 9.83. The average molecular weight is 236 g/mol. The van der Waals surface area contributed by atoms with Gasteiger partial charge in [-0.2, -0.15) is 0 Å². The van der Waals surface area contributed by atoms with Crippen molar-refractivity contribution < 1.29 is 4.79 Å². The van der Waals surface area contributed by atoms with Gasteiger partial charge in [-0.25, -0.2) is 0 Å². The number of hydrogen-bond donors (Lipinski definition) is 1. The lowest BCUT2D eigenvalue weighted by molar-refractivity contribution is -0.128. The molecule has 1 saturated carbocycles. The topological polar surface area (TPSA) is 32.3 Å². The van der Waals surface area contributed by atoms with Crippen LogP contribution in [0.1, 0.15) is 44.9 Å². The van der Waals surface area contributed by atoms with Crippen molar-refractivity contribution in [2.24, 2.45) is 11.8 Å². The molecule has 17 heavy (non-hydrogen) atoms. The van der Waals surface area contributed by atoms with Gasteiger partial charge in [-0.3, -0.25) is 4.79 Å². The van der Waals surface area contributed by atoms with E-state index >= 15 is 0 Å². The van der Waals surface area contributed by atoms with Gasteiger partial charge in [0, 0.05) is 18.5 Å². The minimum Gasteiger partial charge on any atom is -0.352 e. The van der Waals surface area contributed by atoms with Gasteiger partial charge in [0.1, 0.15) is 0 Å². The van der Waals surface area contributed by atoms with E-state index < -0.39 is 0 Å². The third-order valence-corrected chi connectivity index (χ3v) is 4.96. The van der Waals surface area contributed by atoms with Crippen molar-refractivity contribution in [3.05, 3.63) is 0 Å². The molecule has 3 saturated heterocycles. The van der Waals surface area contributed by atoms with Crippen molar-refractivity contribution >= 4 is 5.91 Å². The Kier molecular flexibility index (Phi) is 3.37. The predicted octanol–water partition coefficient (Wildman–Crippen LogP) is 1.78. The normalized spacial score (nSPS) is 38.0. The molecule has 3 heteroatoms. The number of rotatable bonds is 2. The summed E-state index contributed by atoms with van der Waals surface area (Å²) in [6.07, 6.45) is 8.63. The number of carbonyl (C=O) groups is 1. The Bertz CT molecular complexity index is 278. The first-order valence-corrected chi connectivity index (χ1v) is 7.35. The lowest BCUT2D eigenvalue weighted by Crippen LogP contribution is -2.58. The molecule has 3 aliphatic heterocycles. The molecular formula is C14H24N2O. The minimum absolute atomic E-state index is 0.319. The van der Waals surface area contributed by atoms with Gasteiger partial charge in [0.05, 0.1) is 0 Å². The highest BCUT2D eigenvalue weighted by Crippen LogP contribution is 2.29. The maximum absolute atomic E-state index is 12.2. The molecule has 4 rings (SSSR count). The van der Waals surface area contributed by atoms with E-state index in [9.17, 15) is 4.79 Å². The molecule has 1 aliphatic carbocycles. The van der Waals surface area contributed by atoms with E-state index in [1.165, 1.54) is 45.2 Å². The molecule has 1 amide bonds. The molecule has 3 heterocycles. The molecule has 3 nitrogen and oxygen atoms in total. The van der Waals surface area contributed by atoms with Gasteiger partial charge in [-0.15, -0.1) is 0 Å². The lowest BCUT2D eigenvalue weighted by Gasteiger charge is -2.45. The third kappa shape index (κ3) is 2.49. The summed E-state index contributed by atoms with van der Waals surface area (Å²) in [5, 5.41) is 3.34. The number of carbonyl (C=O) groups excluding carboxylic acids is 1. The maximum Gasteiger partial charge on any atom is 0.223 e. The molecule has 1 atom stereocenters. The Morgan fingerprint density at radius 3 is 2.29 bits per heavy atom. The number of piperidine rings is 3. The zero-order valence-corrected chi connectivity index (χ0v) is 10.7. The van der Waals surface area contributed by atoms with Crippen LogP contribution < -0.4 is 5.32 Å². The quantitative estimate of drug-likeness (QED) is 0.792. The van der Waals surface area contributed by atoms with Gasteiger partial charge in [0.2, 0.25) is 5.91 Å². The Labute approximate surface area is 104 Å². The predicted molar refractivity (Wildman–Crippen MR) is 67.7 cm³/mol. The molecule has 2 bridgehead atoms. The van der Waals surface area contributed by atoms with Crippen molar-refractivity contribution in [1.29, 1.82) is 0 Å². The first-order valence-electron chi connectivity index (χ1n) is 7.35. The highest BCUT2D eigenvalue weighted by molar-refractivity contribution is 5.79. The van der Waals surface area contributed by atoms with Crippen LogP contribution in [-0.4, -0.2) is 36.5 Å². The summed E-state index contributed by atoms with van der Waals surface area (Å²) in [7, 11) is 0. The van der Waals surface area contributed by atoms with Crippen LogP contribution in [0.2, 0.25) is 0 Å². The molecule has 0 aromatic carbocycles. The third-order valence-electron chi connectivity index (χ3n) is 4.96. The summed E-state index contributed by atoms with van der Waals surface area (Å²) < 4.78 is 0. The van der Waals surface area contributed by atoms with Crippen molar-refractivity contribution in [2.45, 2.75) is 51.0 Å². The van der Waals surface area contributed by atoms with Crippen LogP contribution in [0, 0.1) is 11.8 Å². The van der Waals surface area contributed by atoms with Gasteiger partial charge in [-0.1, -0.05) is 19.3 Å². The standard InChI is InChI=1S/C14H24N2O/c17-14(12-4-2-1-3-5-12)15-13-10-16-8-6-11(13)7-9-16/h11-13H,1-10H2,(H,15,17). The summed E-state index contributed by atoms with van der Waals surface area (Å²) >= 11 is 0.